The number of rotatable bonds is 6. The molecule has 1 amide bonds. The molecular formula is C21H20FN3O3. The van der Waals surface area contributed by atoms with Gasteiger partial charge in [0.25, 0.3) is 5.91 Å². The summed E-state index contributed by atoms with van der Waals surface area (Å²) in [6.07, 6.45) is 1.96. The van der Waals surface area contributed by atoms with E-state index < -0.39 is 0 Å². The van der Waals surface area contributed by atoms with Gasteiger partial charge in [0.15, 0.2) is 0 Å². The van der Waals surface area contributed by atoms with Crippen molar-refractivity contribution in [1.29, 1.82) is 0 Å². The fourth-order valence-electron chi connectivity index (χ4n) is 2.95. The monoisotopic (exact) mass is 381 g/mol. The van der Waals surface area contributed by atoms with Crippen molar-refractivity contribution in [3.63, 3.8) is 0 Å². The summed E-state index contributed by atoms with van der Waals surface area (Å²) in [5.74, 6) is 0.678. The van der Waals surface area contributed by atoms with Crippen LogP contribution >= 0.6 is 0 Å². The lowest BCUT2D eigenvalue weighted by molar-refractivity contribution is 0.0943. The summed E-state index contributed by atoms with van der Waals surface area (Å²) < 4.78 is 25.6. The van der Waals surface area contributed by atoms with Crippen LogP contribution in [0.2, 0.25) is 0 Å². The van der Waals surface area contributed by atoms with Gasteiger partial charge in [-0.1, -0.05) is 0 Å². The lowest BCUT2D eigenvalue weighted by atomic mass is 10.1. The number of halogens is 1. The van der Waals surface area contributed by atoms with E-state index in [1.54, 1.807) is 44.6 Å². The molecule has 0 unspecified atom stereocenters. The molecule has 144 valence electrons. The number of aromatic nitrogens is 2. The zero-order valence-electron chi connectivity index (χ0n) is 15.6. The smallest absolute Gasteiger partial charge is 0.270 e. The topological polar surface area (TPSA) is 65.4 Å². The third kappa shape index (κ3) is 3.55. The van der Waals surface area contributed by atoms with Crippen LogP contribution in [0.1, 0.15) is 23.3 Å². The van der Waals surface area contributed by atoms with E-state index in [4.69, 9.17) is 9.47 Å². The van der Waals surface area contributed by atoms with Crippen molar-refractivity contribution in [2.24, 2.45) is 0 Å². The Morgan fingerprint density at radius 1 is 1.11 bits per heavy atom. The number of benzene rings is 2. The van der Waals surface area contributed by atoms with Crippen LogP contribution in [0.3, 0.4) is 0 Å². The van der Waals surface area contributed by atoms with Crippen LogP contribution in [0.5, 0.6) is 11.5 Å². The zero-order valence-corrected chi connectivity index (χ0v) is 15.6. The van der Waals surface area contributed by atoms with E-state index in [0.717, 1.165) is 18.4 Å². The molecule has 7 heteroatoms. The molecule has 1 heterocycles. The minimum Gasteiger partial charge on any atom is -0.497 e. The summed E-state index contributed by atoms with van der Waals surface area (Å²) in [6, 6.07) is 13.2. The number of amides is 1. The van der Waals surface area contributed by atoms with Crippen molar-refractivity contribution < 1.29 is 18.7 Å². The first-order valence-corrected chi connectivity index (χ1v) is 8.98. The molecule has 0 bridgehead atoms. The average molecular weight is 381 g/mol. The lowest BCUT2D eigenvalue weighted by Gasteiger charge is -2.08. The minimum absolute atomic E-state index is 0.210. The van der Waals surface area contributed by atoms with Crippen molar-refractivity contribution in [2.45, 2.75) is 18.9 Å². The zero-order chi connectivity index (χ0) is 19.7. The van der Waals surface area contributed by atoms with Crippen molar-refractivity contribution >= 4 is 5.91 Å². The Balaban J connectivity index is 1.80. The second-order valence-corrected chi connectivity index (χ2v) is 6.62. The Morgan fingerprint density at radius 2 is 1.86 bits per heavy atom. The van der Waals surface area contributed by atoms with Crippen molar-refractivity contribution in [1.82, 2.24) is 15.1 Å². The maximum Gasteiger partial charge on any atom is 0.270 e. The van der Waals surface area contributed by atoms with Gasteiger partial charge in [0, 0.05) is 17.7 Å². The quantitative estimate of drug-likeness (QED) is 0.709. The van der Waals surface area contributed by atoms with Crippen LogP contribution < -0.4 is 14.8 Å². The molecule has 0 spiro atoms. The van der Waals surface area contributed by atoms with Crippen molar-refractivity contribution in [3.8, 4) is 28.4 Å². The molecule has 3 aromatic rings. The highest BCUT2D eigenvalue weighted by molar-refractivity contribution is 5.95. The number of ether oxygens (including phenoxy) is 2. The maximum atomic E-state index is 13.3. The third-order valence-corrected chi connectivity index (χ3v) is 4.61. The average Bonchev–Trinajstić information content (AvgIpc) is 3.42. The molecular weight excluding hydrogens is 361 g/mol. The molecule has 2 aromatic carbocycles. The summed E-state index contributed by atoms with van der Waals surface area (Å²) in [4.78, 5) is 12.8. The van der Waals surface area contributed by atoms with Crippen molar-refractivity contribution in [3.05, 3.63) is 60.0 Å². The number of nitrogens with one attached hydrogen (secondary N) is 1. The van der Waals surface area contributed by atoms with E-state index in [9.17, 15) is 9.18 Å². The van der Waals surface area contributed by atoms with Gasteiger partial charge in [0.05, 0.1) is 25.6 Å². The Bertz CT molecular complexity index is 1010. The molecule has 0 atom stereocenters. The largest absolute Gasteiger partial charge is 0.497 e. The van der Waals surface area contributed by atoms with Crippen LogP contribution in [-0.2, 0) is 0 Å². The van der Waals surface area contributed by atoms with Gasteiger partial charge in [-0.25, -0.2) is 9.07 Å². The van der Waals surface area contributed by atoms with E-state index in [-0.39, 0.29) is 17.8 Å². The van der Waals surface area contributed by atoms with Gasteiger partial charge in [-0.2, -0.15) is 5.10 Å². The molecule has 0 saturated heterocycles. The number of nitrogens with zero attached hydrogens (tertiary/aromatic N) is 2. The predicted molar refractivity (Wildman–Crippen MR) is 103 cm³/mol. The summed E-state index contributed by atoms with van der Waals surface area (Å²) in [5, 5.41) is 7.58. The Kier molecular flexibility index (Phi) is 4.73. The van der Waals surface area contributed by atoms with E-state index in [1.807, 2.05) is 6.07 Å². The number of carbonyl (C=O) groups is 1. The van der Waals surface area contributed by atoms with E-state index >= 15 is 0 Å². The summed E-state index contributed by atoms with van der Waals surface area (Å²) in [7, 11) is 3.15. The first kappa shape index (κ1) is 18.0. The highest BCUT2D eigenvalue weighted by Gasteiger charge is 2.27. The predicted octanol–water partition coefficient (Wildman–Crippen LogP) is 3.59. The molecule has 0 aliphatic heterocycles. The fourth-order valence-corrected chi connectivity index (χ4v) is 2.95. The molecule has 28 heavy (non-hydrogen) atoms. The molecule has 1 aromatic heterocycles. The van der Waals surface area contributed by atoms with E-state index in [0.29, 0.717) is 28.6 Å². The molecule has 1 saturated carbocycles. The molecule has 4 rings (SSSR count). The first-order valence-electron chi connectivity index (χ1n) is 8.98. The number of hydrogen-bond acceptors (Lipinski definition) is 4. The van der Waals surface area contributed by atoms with Gasteiger partial charge in [-0.3, -0.25) is 4.79 Å². The second kappa shape index (κ2) is 7.34. The number of carbonyl (C=O) groups excluding carboxylic acids is 1. The molecule has 1 fully saturated rings. The molecule has 0 radical (unpaired) electrons. The standard InChI is InChI=1S/C21H20FN3O3/c1-27-16-9-10-17(20(11-16)28-2)18-12-19(21(26)23-14-5-6-14)25(24-18)15-7-3-13(22)4-8-15/h3-4,7-12,14H,5-6H2,1-2H3,(H,23,26). The highest BCUT2D eigenvalue weighted by atomic mass is 19.1. The van der Waals surface area contributed by atoms with E-state index in [1.165, 1.54) is 16.8 Å². The van der Waals surface area contributed by atoms with Gasteiger partial charge >= 0.3 is 0 Å². The number of hydrogen-bond donors (Lipinski definition) is 1. The highest BCUT2D eigenvalue weighted by Crippen LogP contribution is 2.33. The van der Waals surface area contributed by atoms with Crippen LogP contribution in [-0.4, -0.2) is 35.9 Å². The van der Waals surface area contributed by atoms with Crippen LogP contribution in [0.25, 0.3) is 16.9 Å². The molecule has 6 nitrogen and oxygen atoms in total. The Hall–Kier alpha value is -3.35. The van der Waals surface area contributed by atoms with E-state index in [2.05, 4.69) is 10.4 Å². The summed E-state index contributed by atoms with van der Waals surface area (Å²) in [5.41, 5.74) is 2.28. The van der Waals surface area contributed by atoms with Gasteiger partial charge in [-0.05, 0) is 55.3 Å². The Morgan fingerprint density at radius 3 is 2.50 bits per heavy atom. The lowest BCUT2D eigenvalue weighted by Crippen LogP contribution is -2.27. The van der Waals surface area contributed by atoms with Gasteiger partial charge in [-0.15, -0.1) is 0 Å². The molecule has 1 aliphatic rings. The van der Waals surface area contributed by atoms with Crippen molar-refractivity contribution in [2.75, 3.05) is 14.2 Å². The maximum absolute atomic E-state index is 13.3. The van der Waals surface area contributed by atoms with Gasteiger partial charge in [0.1, 0.15) is 23.0 Å². The van der Waals surface area contributed by atoms with Gasteiger partial charge in [0.2, 0.25) is 0 Å². The molecule has 1 aliphatic carbocycles. The third-order valence-electron chi connectivity index (χ3n) is 4.61. The fraction of sp³-hybridized carbons (Fsp3) is 0.238. The SMILES string of the molecule is COc1ccc(-c2cc(C(=O)NC3CC3)n(-c3ccc(F)cc3)n2)c(OC)c1. The summed E-state index contributed by atoms with van der Waals surface area (Å²) in [6.45, 7) is 0. The van der Waals surface area contributed by atoms with Gasteiger partial charge < -0.3 is 14.8 Å². The first-order chi connectivity index (χ1) is 13.6. The van der Waals surface area contributed by atoms with Crippen LogP contribution in [0, 0.1) is 5.82 Å². The second-order valence-electron chi connectivity index (χ2n) is 6.62. The van der Waals surface area contributed by atoms with Crippen LogP contribution in [0.15, 0.2) is 48.5 Å². The molecule has 1 N–H and O–H groups in total. The number of methoxy groups -OCH3 is 2. The normalized spacial score (nSPS) is 13.2. The van der Waals surface area contributed by atoms with Crippen LogP contribution in [0.4, 0.5) is 4.39 Å². The Labute approximate surface area is 161 Å². The summed E-state index contributed by atoms with van der Waals surface area (Å²) >= 11 is 0. The minimum atomic E-state index is -0.350.